The number of anilines is 1. The van der Waals surface area contributed by atoms with Crippen molar-refractivity contribution in [3.63, 3.8) is 0 Å². The summed E-state index contributed by atoms with van der Waals surface area (Å²) in [6.07, 6.45) is -4.27. The number of rotatable bonds is 2. The molecule has 1 heterocycles. The molecule has 0 aromatic carbocycles. The van der Waals surface area contributed by atoms with E-state index >= 15 is 0 Å². The maximum Gasteiger partial charge on any atom is 0.434 e. The van der Waals surface area contributed by atoms with Gasteiger partial charge in [-0.05, 0) is 13.3 Å². The van der Waals surface area contributed by atoms with Crippen LogP contribution in [0.5, 0.6) is 0 Å². The topological polar surface area (TPSA) is 42.0 Å². The third-order valence-corrected chi connectivity index (χ3v) is 4.63. The van der Waals surface area contributed by atoms with Gasteiger partial charge in [0.1, 0.15) is 4.33 Å². The summed E-state index contributed by atoms with van der Waals surface area (Å²) >= 11 is 12.3. The first-order valence-electron chi connectivity index (χ1n) is 4.78. The molecule has 2 rings (SSSR count). The first kappa shape index (κ1) is 13.9. The van der Waals surface area contributed by atoms with Crippen LogP contribution < -0.4 is 5.32 Å². The molecule has 1 aliphatic rings. The predicted octanol–water partition coefficient (Wildman–Crippen LogP) is 3.68. The van der Waals surface area contributed by atoms with Gasteiger partial charge in [0.25, 0.3) is 0 Å². The zero-order valence-corrected chi connectivity index (χ0v) is 11.3. The van der Waals surface area contributed by atoms with Crippen molar-refractivity contribution in [2.24, 2.45) is 5.41 Å². The molecule has 1 N–H and O–H groups in total. The lowest BCUT2D eigenvalue weighted by Crippen LogP contribution is -2.26. The summed E-state index contributed by atoms with van der Waals surface area (Å²) in [6, 6.07) is 0. The van der Waals surface area contributed by atoms with Crippen molar-refractivity contribution in [2.75, 3.05) is 5.32 Å². The molecule has 3 nitrogen and oxygen atoms in total. The second-order valence-corrected chi connectivity index (χ2v) is 6.55. The largest absolute Gasteiger partial charge is 0.434 e. The maximum atomic E-state index is 12.3. The molecule has 1 saturated carbocycles. The van der Waals surface area contributed by atoms with Gasteiger partial charge in [0.05, 0.1) is 5.41 Å². The summed E-state index contributed by atoms with van der Waals surface area (Å²) in [5.41, 5.74) is -2.02. The third kappa shape index (κ3) is 2.31. The number of carbonyl (C=O) groups excluding carboxylic acids is 1. The number of thiazole rings is 1. The van der Waals surface area contributed by atoms with Crippen molar-refractivity contribution in [3.8, 4) is 0 Å². The molecule has 0 unspecified atom stereocenters. The van der Waals surface area contributed by atoms with E-state index in [1.807, 2.05) is 0 Å². The second-order valence-electron chi connectivity index (χ2n) is 4.20. The molecule has 0 aliphatic heterocycles. The van der Waals surface area contributed by atoms with Crippen LogP contribution in [-0.2, 0) is 11.0 Å². The van der Waals surface area contributed by atoms with Gasteiger partial charge in [-0.1, -0.05) is 0 Å². The van der Waals surface area contributed by atoms with Crippen molar-refractivity contribution in [1.82, 2.24) is 4.98 Å². The number of halogens is 5. The van der Waals surface area contributed by atoms with Gasteiger partial charge in [-0.15, -0.1) is 34.5 Å². The van der Waals surface area contributed by atoms with Gasteiger partial charge in [0.15, 0.2) is 10.8 Å². The molecular weight excluding hydrogens is 312 g/mol. The Morgan fingerprint density at radius 3 is 2.50 bits per heavy atom. The first-order chi connectivity index (χ1) is 8.06. The van der Waals surface area contributed by atoms with E-state index in [9.17, 15) is 18.0 Å². The van der Waals surface area contributed by atoms with E-state index in [2.05, 4.69) is 10.3 Å². The second kappa shape index (κ2) is 3.98. The number of amides is 1. The average Bonchev–Trinajstić information content (AvgIpc) is 2.62. The predicted molar refractivity (Wildman–Crippen MR) is 62.9 cm³/mol. The molecule has 0 radical (unpaired) electrons. The molecule has 1 aromatic rings. The van der Waals surface area contributed by atoms with Gasteiger partial charge in [0.2, 0.25) is 5.91 Å². The summed E-state index contributed by atoms with van der Waals surface area (Å²) in [7, 11) is 0. The van der Waals surface area contributed by atoms with Crippen LogP contribution in [0.3, 0.4) is 0 Å². The van der Waals surface area contributed by atoms with Gasteiger partial charge in [-0.3, -0.25) is 4.79 Å². The molecule has 0 spiro atoms. The number of carbonyl (C=O) groups is 1. The van der Waals surface area contributed by atoms with E-state index in [-0.39, 0.29) is 11.6 Å². The Morgan fingerprint density at radius 1 is 1.56 bits per heavy atom. The fraction of sp³-hybridized carbons (Fsp3) is 0.556. The van der Waals surface area contributed by atoms with Crippen molar-refractivity contribution in [3.05, 3.63) is 11.1 Å². The fourth-order valence-corrected chi connectivity index (χ4v) is 2.76. The van der Waals surface area contributed by atoms with Crippen LogP contribution in [0, 0.1) is 5.41 Å². The molecule has 1 fully saturated rings. The number of alkyl halides is 5. The number of aromatic nitrogens is 1. The Bertz CT molecular complexity index is 502. The minimum absolute atomic E-state index is 0.121. The van der Waals surface area contributed by atoms with Crippen LogP contribution in [0.25, 0.3) is 0 Å². The Labute approximate surface area is 114 Å². The molecule has 100 valence electrons. The summed E-state index contributed by atoms with van der Waals surface area (Å²) in [4.78, 5) is 15.1. The van der Waals surface area contributed by atoms with E-state index < -0.39 is 27.5 Å². The summed E-state index contributed by atoms with van der Waals surface area (Å²) < 4.78 is 35.7. The van der Waals surface area contributed by atoms with E-state index in [0.29, 0.717) is 11.3 Å². The highest BCUT2D eigenvalue weighted by Crippen LogP contribution is 2.64. The molecule has 0 saturated heterocycles. The maximum absolute atomic E-state index is 12.3. The van der Waals surface area contributed by atoms with Crippen molar-refractivity contribution >= 4 is 45.6 Å². The van der Waals surface area contributed by atoms with E-state index in [1.165, 1.54) is 0 Å². The lowest BCUT2D eigenvalue weighted by molar-refractivity contribution is -0.140. The highest BCUT2D eigenvalue weighted by molar-refractivity contribution is 7.14. The van der Waals surface area contributed by atoms with Crippen molar-refractivity contribution in [2.45, 2.75) is 23.9 Å². The first-order valence-corrected chi connectivity index (χ1v) is 6.42. The molecule has 0 bridgehead atoms. The molecule has 18 heavy (non-hydrogen) atoms. The van der Waals surface area contributed by atoms with Crippen molar-refractivity contribution < 1.29 is 18.0 Å². The van der Waals surface area contributed by atoms with Crippen LogP contribution in [0.2, 0.25) is 0 Å². The van der Waals surface area contributed by atoms with Crippen LogP contribution in [0.4, 0.5) is 18.3 Å². The van der Waals surface area contributed by atoms with Crippen LogP contribution in [0.1, 0.15) is 19.0 Å². The van der Waals surface area contributed by atoms with Gasteiger partial charge in [0, 0.05) is 5.38 Å². The minimum atomic E-state index is -4.52. The molecule has 1 aromatic heterocycles. The third-order valence-electron chi connectivity index (χ3n) is 2.77. The van der Waals surface area contributed by atoms with Gasteiger partial charge in [-0.25, -0.2) is 4.98 Å². The molecule has 1 atom stereocenters. The Hall–Kier alpha value is -0.530. The van der Waals surface area contributed by atoms with E-state index in [0.717, 1.165) is 5.38 Å². The Balaban J connectivity index is 2.08. The number of nitrogens with one attached hydrogen (secondary N) is 1. The van der Waals surface area contributed by atoms with E-state index in [4.69, 9.17) is 23.2 Å². The molecular formula is C9H7Cl2F3N2OS. The molecule has 1 aliphatic carbocycles. The number of nitrogens with zero attached hydrogens (tertiary/aromatic N) is 1. The van der Waals surface area contributed by atoms with Gasteiger partial charge in [-0.2, -0.15) is 13.2 Å². The van der Waals surface area contributed by atoms with Gasteiger partial charge >= 0.3 is 6.18 Å². The Morgan fingerprint density at radius 2 is 2.11 bits per heavy atom. The minimum Gasteiger partial charge on any atom is -0.301 e. The van der Waals surface area contributed by atoms with Gasteiger partial charge < -0.3 is 5.32 Å². The molecule has 1 amide bonds. The smallest absolute Gasteiger partial charge is 0.301 e. The van der Waals surface area contributed by atoms with Crippen LogP contribution in [0.15, 0.2) is 5.38 Å². The standard InChI is InChI=1S/C9H7Cl2F3N2OS/c1-7(3-8(7,10)11)5(17)16-6-15-4(2-18-6)9(12,13)14/h2H,3H2,1H3,(H,15,16,17)/t7-/m1/s1. The highest BCUT2D eigenvalue weighted by atomic mass is 35.5. The van der Waals surface area contributed by atoms with Crippen LogP contribution >= 0.6 is 34.5 Å². The quantitative estimate of drug-likeness (QED) is 0.845. The lowest BCUT2D eigenvalue weighted by atomic mass is 10.1. The summed E-state index contributed by atoms with van der Waals surface area (Å²) in [5, 5.41) is 3.00. The van der Waals surface area contributed by atoms with E-state index in [1.54, 1.807) is 6.92 Å². The van der Waals surface area contributed by atoms with Crippen LogP contribution in [-0.4, -0.2) is 15.2 Å². The summed E-state index contributed by atoms with van der Waals surface area (Å²) in [5.74, 6) is -0.532. The Kier molecular flexibility index (Phi) is 3.07. The average molecular weight is 319 g/mol. The van der Waals surface area contributed by atoms with Crippen molar-refractivity contribution in [1.29, 1.82) is 0 Å². The summed E-state index contributed by atoms with van der Waals surface area (Å²) in [6.45, 7) is 1.54. The SMILES string of the molecule is C[C@]1(C(=O)Nc2nc(C(F)(F)F)cs2)CC1(Cl)Cl. The highest BCUT2D eigenvalue weighted by Gasteiger charge is 2.68. The fourth-order valence-electron chi connectivity index (χ4n) is 1.34. The lowest BCUT2D eigenvalue weighted by Gasteiger charge is -2.10. The zero-order chi connectivity index (χ0) is 13.8. The zero-order valence-electron chi connectivity index (χ0n) is 8.94. The normalized spacial score (nSPS) is 25.9. The molecule has 9 heteroatoms. The monoisotopic (exact) mass is 318 g/mol. The number of hydrogen-bond acceptors (Lipinski definition) is 3. The number of hydrogen-bond donors (Lipinski definition) is 1.